The first-order chi connectivity index (χ1) is 11.6. The number of carbonyl (C=O) groups is 1. The van der Waals surface area contributed by atoms with Crippen LogP contribution in [0.25, 0.3) is 11.3 Å². The predicted molar refractivity (Wildman–Crippen MR) is 92.4 cm³/mol. The second-order valence-electron chi connectivity index (χ2n) is 5.03. The molecule has 2 aromatic carbocycles. The van der Waals surface area contributed by atoms with Crippen LogP contribution in [0.5, 0.6) is 5.75 Å². The van der Waals surface area contributed by atoms with E-state index < -0.39 is 0 Å². The summed E-state index contributed by atoms with van der Waals surface area (Å²) in [6.07, 6.45) is 2.10. The molecule has 0 fully saturated rings. The molecule has 0 spiro atoms. The molecule has 1 heterocycles. The first-order valence-corrected chi connectivity index (χ1v) is 8.03. The van der Waals surface area contributed by atoms with Crippen molar-refractivity contribution in [2.75, 3.05) is 0 Å². The standard InChI is InChI=1S/C18H13Cl2NO3/c19-12-5-7-13(8-6-12)23-18(22)10-9-17-21-11-16(24-17)14-3-1-2-4-15(14)20/h1-8,11H,9-10H2. The van der Waals surface area contributed by atoms with E-state index >= 15 is 0 Å². The highest BCUT2D eigenvalue weighted by atomic mass is 35.5. The molecule has 0 saturated carbocycles. The number of rotatable bonds is 5. The van der Waals surface area contributed by atoms with E-state index in [9.17, 15) is 4.79 Å². The summed E-state index contributed by atoms with van der Waals surface area (Å²) in [5.41, 5.74) is 0.765. The van der Waals surface area contributed by atoms with Crippen LogP contribution in [0, 0.1) is 0 Å². The molecular formula is C18H13Cl2NO3. The van der Waals surface area contributed by atoms with Gasteiger partial charge in [0.15, 0.2) is 11.7 Å². The first-order valence-electron chi connectivity index (χ1n) is 7.27. The number of hydrogen-bond donors (Lipinski definition) is 0. The third kappa shape index (κ3) is 4.16. The molecule has 0 amide bonds. The molecule has 0 atom stereocenters. The molecule has 0 aliphatic carbocycles. The maximum Gasteiger partial charge on any atom is 0.311 e. The lowest BCUT2D eigenvalue weighted by Gasteiger charge is -2.03. The van der Waals surface area contributed by atoms with E-state index in [2.05, 4.69) is 4.98 Å². The lowest BCUT2D eigenvalue weighted by Crippen LogP contribution is -2.09. The predicted octanol–water partition coefficient (Wildman–Crippen LogP) is 5.19. The molecule has 6 heteroatoms. The summed E-state index contributed by atoms with van der Waals surface area (Å²) >= 11 is 11.9. The second-order valence-corrected chi connectivity index (χ2v) is 5.87. The Morgan fingerprint density at radius 3 is 2.58 bits per heavy atom. The number of oxazole rings is 1. The second kappa shape index (κ2) is 7.51. The smallest absolute Gasteiger partial charge is 0.311 e. The minimum absolute atomic E-state index is 0.158. The van der Waals surface area contributed by atoms with Gasteiger partial charge in [0, 0.05) is 17.0 Å². The van der Waals surface area contributed by atoms with Crippen LogP contribution in [0.1, 0.15) is 12.3 Å². The van der Waals surface area contributed by atoms with E-state index in [1.807, 2.05) is 18.2 Å². The minimum Gasteiger partial charge on any atom is -0.441 e. The Bertz CT molecular complexity index is 843. The van der Waals surface area contributed by atoms with Gasteiger partial charge in [0.1, 0.15) is 5.75 Å². The van der Waals surface area contributed by atoms with Gasteiger partial charge in [0.2, 0.25) is 0 Å². The van der Waals surface area contributed by atoms with Crippen molar-refractivity contribution in [2.45, 2.75) is 12.8 Å². The zero-order valence-corrected chi connectivity index (χ0v) is 14.1. The molecule has 1 aromatic heterocycles. The molecule has 0 saturated heterocycles. The van der Waals surface area contributed by atoms with Gasteiger partial charge in [-0.05, 0) is 36.4 Å². The number of aryl methyl sites for hydroxylation is 1. The van der Waals surface area contributed by atoms with Crippen LogP contribution in [-0.2, 0) is 11.2 Å². The van der Waals surface area contributed by atoms with Gasteiger partial charge in [-0.15, -0.1) is 0 Å². The number of hydrogen-bond acceptors (Lipinski definition) is 4. The van der Waals surface area contributed by atoms with E-state index in [0.29, 0.717) is 33.9 Å². The van der Waals surface area contributed by atoms with Gasteiger partial charge in [-0.1, -0.05) is 35.3 Å². The summed E-state index contributed by atoms with van der Waals surface area (Å²) in [4.78, 5) is 16.0. The number of halogens is 2. The van der Waals surface area contributed by atoms with E-state index in [1.165, 1.54) is 0 Å². The lowest BCUT2D eigenvalue weighted by atomic mass is 10.2. The lowest BCUT2D eigenvalue weighted by molar-refractivity contribution is -0.134. The summed E-state index contributed by atoms with van der Waals surface area (Å²) in [5.74, 6) is 1.11. The van der Waals surface area contributed by atoms with Crippen LogP contribution in [0.3, 0.4) is 0 Å². The molecule has 122 valence electrons. The Kier molecular flexibility index (Phi) is 5.18. The average Bonchev–Trinajstić information content (AvgIpc) is 3.04. The fraction of sp³-hybridized carbons (Fsp3) is 0.111. The van der Waals surface area contributed by atoms with Crippen LogP contribution in [0.15, 0.2) is 59.1 Å². The number of nitrogens with zero attached hydrogens (tertiary/aromatic N) is 1. The molecule has 24 heavy (non-hydrogen) atoms. The highest BCUT2D eigenvalue weighted by Crippen LogP contribution is 2.28. The minimum atomic E-state index is -0.366. The summed E-state index contributed by atoms with van der Waals surface area (Å²) in [6, 6.07) is 13.9. The van der Waals surface area contributed by atoms with E-state index in [4.69, 9.17) is 32.4 Å². The Labute approximate surface area is 149 Å². The van der Waals surface area contributed by atoms with Crippen molar-refractivity contribution in [1.82, 2.24) is 4.98 Å². The quantitative estimate of drug-likeness (QED) is 0.463. The largest absolute Gasteiger partial charge is 0.441 e. The summed E-state index contributed by atoms with van der Waals surface area (Å²) in [6.45, 7) is 0. The first kappa shape index (κ1) is 16.6. The molecule has 3 rings (SSSR count). The molecule has 0 N–H and O–H groups in total. The van der Waals surface area contributed by atoms with Crippen molar-refractivity contribution in [2.24, 2.45) is 0 Å². The van der Waals surface area contributed by atoms with Crippen LogP contribution >= 0.6 is 23.2 Å². The van der Waals surface area contributed by atoms with Crippen molar-refractivity contribution in [1.29, 1.82) is 0 Å². The van der Waals surface area contributed by atoms with Crippen molar-refractivity contribution >= 4 is 29.2 Å². The summed E-state index contributed by atoms with van der Waals surface area (Å²) in [7, 11) is 0. The maximum absolute atomic E-state index is 11.9. The SMILES string of the molecule is O=C(CCc1ncc(-c2ccccc2Cl)o1)Oc1ccc(Cl)cc1. The molecule has 4 nitrogen and oxygen atoms in total. The third-order valence-corrected chi connectivity index (χ3v) is 3.86. The Balaban J connectivity index is 1.58. The van der Waals surface area contributed by atoms with E-state index in [1.54, 1.807) is 36.5 Å². The van der Waals surface area contributed by atoms with Gasteiger partial charge in [-0.25, -0.2) is 4.98 Å². The van der Waals surface area contributed by atoms with Gasteiger partial charge >= 0.3 is 5.97 Å². The molecule has 3 aromatic rings. The molecular weight excluding hydrogens is 349 g/mol. The van der Waals surface area contributed by atoms with Crippen molar-refractivity contribution < 1.29 is 13.9 Å². The van der Waals surface area contributed by atoms with Gasteiger partial charge in [-0.2, -0.15) is 0 Å². The number of ether oxygens (including phenoxy) is 1. The normalized spacial score (nSPS) is 10.6. The van der Waals surface area contributed by atoms with Crippen LogP contribution in [0.4, 0.5) is 0 Å². The molecule has 0 bridgehead atoms. The fourth-order valence-corrected chi connectivity index (χ4v) is 2.46. The fourth-order valence-electron chi connectivity index (χ4n) is 2.11. The highest BCUT2D eigenvalue weighted by molar-refractivity contribution is 6.33. The van der Waals surface area contributed by atoms with Crippen molar-refractivity contribution in [3.63, 3.8) is 0 Å². The topological polar surface area (TPSA) is 52.3 Å². The highest BCUT2D eigenvalue weighted by Gasteiger charge is 2.12. The number of aromatic nitrogens is 1. The Morgan fingerprint density at radius 1 is 1.08 bits per heavy atom. The van der Waals surface area contributed by atoms with Gasteiger partial charge in [0.05, 0.1) is 17.6 Å². The Morgan fingerprint density at radius 2 is 1.83 bits per heavy atom. The van der Waals surface area contributed by atoms with Gasteiger partial charge in [-0.3, -0.25) is 4.79 Å². The Hall–Kier alpha value is -2.30. The molecule has 0 radical (unpaired) electrons. The van der Waals surface area contributed by atoms with Crippen LogP contribution in [0.2, 0.25) is 10.0 Å². The van der Waals surface area contributed by atoms with Crippen LogP contribution < -0.4 is 4.74 Å². The summed E-state index contributed by atoms with van der Waals surface area (Å²) in [5, 5.41) is 1.17. The molecule has 0 aliphatic heterocycles. The maximum atomic E-state index is 11.9. The van der Waals surface area contributed by atoms with Crippen LogP contribution in [-0.4, -0.2) is 11.0 Å². The van der Waals surface area contributed by atoms with E-state index in [0.717, 1.165) is 5.56 Å². The average molecular weight is 362 g/mol. The number of benzene rings is 2. The molecule has 0 aliphatic rings. The van der Waals surface area contributed by atoms with Gasteiger partial charge in [0.25, 0.3) is 0 Å². The van der Waals surface area contributed by atoms with Crippen molar-refractivity contribution in [3.05, 3.63) is 70.7 Å². The number of esters is 1. The van der Waals surface area contributed by atoms with Crippen molar-refractivity contribution in [3.8, 4) is 17.1 Å². The number of carbonyl (C=O) groups excluding carboxylic acids is 1. The van der Waals surface area contributed by atoms with E-state index in [-0.39, 0.29) is 12.4 Å². The monoisotopic (exact) mass is 361 g/mol. The zero-order valence-electron chi connectivity index (χ0n) is 12.5. The summed E-state index contributed by atoms with van der Waals surface area (Å²) < 4.78 is 10.9. The zero-order chi connectivity index (χ0) is 16.9. The third-order valence-electron chi connectivity index (χ3n) is 3.28. The van der Waals surface area contributed by atoms with Gasteiger partial charge < -0.3 is 9.15 Å². The molecule has 0 unspecified atom stereocenters.